The average molecular weight is 473 g/mol. The number of nitro groups is 1. The van der Waals surface area contributed by atoms with E-state index < -0.39 is 28.2 Å². The van der Waals surface area contributed by atoms with Crippen LogP contribution in [0.5, 0.6) is 5.75 Å². The van der Waals surface area contributed by atoms with Crippen LogP contribution in [-0.4, -0.2) is 25.6 Å². The number of alkyl halides is 3. The number of aryl methyl sites for hydroxylation is 1. The van der Waals surface area contributed by atoms with Gasteiger partial charge in [0.05, 0.1) is 16.0 Å². The second-order valence-electron chi connectivity index (χ2n) is 7.06. The number of nitro benzene ring substituents is 1. The second-order valence-corrected chi connectivity index (χ2v) is 7.06. The molecule has 2 aromatic heterocycles. The third-order valence-electron chi connectivity index (χ3n) is 4.78. The van der Waals surface area contributed by atoms with Crippen molar-refractivity contribution in [2.45, 2.75) is 6.36 Å². The van der Waals surface area contributed by atoms with E-state index >= 15 is 0 Å². The number of fused-ring (bicyclic) bond motifs is 1. The van der Waals surface area contributed by atoms with Crippen molar-refractivity contribution < 1.29 is 22.8 Å². The molecule has 0 aliphatic rings. The number of anilines is 2. The monoisotopic (exact) mass is 473 g/mol. The Bertz CT molecular complexity index is 1530. The van der Waals surface area contributed by atoms with Crippen molar-refractivity contribution in [2.75, 3.05) is 5.32 Å². The lowest BCUT2D eigenvalue weighted by Crippen LogP contribution is -2.24. The fourth-order valence-electron chi connectivity index (χ4n) is 3.22. The predicted molar refractivity (Wildman–Crippen MR) is 116 cm³/mol. The smallest absolute Gasteiger partial charge is 0.406 e. The summed E-state index contributed by atoms with van der Waals surface area (Å²) in [6.07, 6.45) is -3.36. The van der Waals surface area contributed by atoms with Crippen LogP contribution in [0, 0.1) is 10.1 Å². The Morgan fingerprint density at radius 1 is 1.03 bits per heavy atom. The summed E-state index contributed by atoms with van der Waals surface area (Å²) in [5.74, 6) is -0.477. The van der Waals surface area contributed by atoms with Gasteiger partial charge in [-0.15, -0.1) is 18.3 Å². The molecular weight excluding hydrogens is 459 g/mol. The molecular formula is C21H14F3N5O5. The van der Waals surface area contributed by atoms with Crippen molar-refractivity contribution >= 4 is 28.0 Å². The molecule has 0 saturated carbocycles. The van der Waals surface area contributed by atoms with E-state index in [-0.39, 0.29) is 33.7 Å². The zero-order valence-electron chi connectivity index (χ0n) is 17.2. The van der Waals surface area contributed by atoms with Gasteiger partial charge in [-0.05, 0) is 42.5 Å². The molecule has 0 amide bonds. The summed E-state index contributed by atoms with van der Waals surface area (Å²) in [5.41, 5.74) is -1.31. The standard InChI is InChI=1S/C21H14F3N5O5/c1-27-10-2-3-17(20(27)31)25-18-15-9-6-13(29(32)33)11-16(15)19(30)28(26-18)12-4-7-14(8-5-12)34-21(22,23)24/h2-11H,1H3,(H,25,26). The number of hydrogen-bond donors (Lipinski definition) is 1. The minimum Gasteiger partial charge on any atom is -0.406 e. The lowest BCUT2D eigenvalue weighted by molar-refractivity contribution is -0.384. The highest BCUT2D eigenvalue weighted by atomic mass is 19.4. The fourth-order valence-corrected chi connectivity index (χ4v) is 3.22. The largest absolute Gasteiger partial charge is 0.573 e. The topological polar surface area (TPSA) is 121 Å². The number of benzene rings is 2. The van der Waals surface area contributed by atoms with Crippen molar-refractivity contribution in [3.8, 4) is 11.4 Å². The number of aromatic nitrogens is 3. The lowest BCUT2D eigenvalue weighted by atomic mass is 10.1. The maximum Gasteiger partial charge on any atom is 0.573 e. The van der Waals surface area contributed by atoms with Gasteiger partial charge in [-0.3, -0.25) is 19.7 Å². The zero-order valence-corrected chi connectivity index (χ0v) is 17.2. The molecule has 0 aliphatic carbocycles. The SMILES string of the molecule is Cn1cccc(Nc2nn(-c3ccc(OC(F)(F)F)cc3)c(=O)c3cc([N+](=O)[O-])ccc23)c1=O. The summed E-state index contributed by atoms with van der Waals surface area (Å²) in [7, 11) is 1.54. The molecule has 10 nitrogen and oxygen atoms in total. The fraction of sp³-hybridized carbons (Fsp3) is 0.0952. The molecule has 13 heteroatoms. The van der Waals surface area contributed by atoms with Crippen LogP contribution in [0.1, 0.15) is 0 Å². The molecule has 2 aromatic carbocycles. The zero-order chi connectivity index (χ0) is 24.6. The first-order valence-electron chi connectivity index (χ1n) is 9.54. The number of ether oxygens (including phenoxy) is 1. The van der Waals surface area contributed by atoms with E-state index in [0.717, 1.165) is 22.9 Å². The van der Waals surface area contributed by atoms with Crippen LogP contribution in [0.15, 0.2) is 70.4 Å². The Morgan fingerprint density at radius 3 is 2.38 bits per heavy atom. The maximum atomic E-state index is 13.1. The van der Waals surface area contributed by atoms with Crippen LogP contribution in [0.4, 0.5) is 30.4 Å². The van der Waals surface area contributed by atoms with Gasteiger partial charge in [0, 0.05) is 30.8 Å². The Hall–Kier alpha value is -4.68. The Morgan fingerprint density at radius 2 is 1.74 bits per heavy atom. The van der Waals surface area contributed by atoms with Crippen molar-refractivity contribution in [1.29, 1.82) is 0 Å². The van der Waals surface area contributed by atoms with Gasteiger partial charge in [-0.1, -0.05) is 0 Å². The Balaban J connectivity index is 1.90. The number of halogens is 3. The highest BCUT2D eigenvalue weighted by Crippen LogP contribution is 2.27. The first kappa shape index (κ1) is 22.5. The first-order chi connectivity index (χ1) is 16.0. The summed E-state index contributed by atoms with van der Waals surface area (Å²) in [5, 5.41) is 18.4. The summed E-state index contributed by atoms with van der Waals surface area (Å²) < 4.78 is 43.3. The van der Waals surface area contributed by atoms with Crippen molar-refractivity contribution in [1.82, 2.24) is 14.3 Å². The van der Waals surface area contributed by atoms with Crippen LogP contribution in [0.2, 0.25) is 0 Å². The molecule has 34 heavy (non-hydrogen) atoms. The average Bonchev–Trinajstić information content (AvgIpc) is 2.78. The highest BCUT2D eigenvalue weighted by molar-refractivity contribution is 5.94. The molecule has 174 valence electrons. The molecule has 4 rings (SSSR count). The van der Waals surface area contributed by atoms with E-state index in [1.807, 2.05) is 0 Å². The predicted octanol–water partition coefficient (Wildman–Crippen LogP) is 3.63. The molecule has 4 aromatic rings. The number of rotatable bonds is 5. The van der Waals surface area contributed by atoms with E-state index in [1.165, 1.54) is 48.1 Å². The molecule has 0 atom stereocenters. The molecule has 2 heterocycles. The van der Waals surface area contributed by atoms with Gasteiger partial charge in [-0.25, -0.2) is 0 Å². The van der Waals surface area contributed by atoms with E-state index in [9.17, 15) is 32.9 Å². The van der Waals surface area contributed by atoms with Gasteiger partial charge in [0.25, 0.3) is 16.8 Å². The lowest BCUT2D eigenvalue weighted by Gasteiger charge is -2.13. The van der Waals surface area contributed by atoms with E-state index in [4.69, 9.17) is 0 Å². The van der Waals surface area contributed by atoms with Crippen LogP contribution in [0.25, 0.3) is 16.5 Å². The molecule has 0 saturated heterocycles. The van der Waals surface area contributed by atoms with Crippen LogP contribution >= 0.6 is 0 Å². The molecule has 0 fully saturated rings. The first-order valence-corrected chi connectivity index (χ1v) is 9.54. The quantitative estimate of drug-likeness (QED) is 0.347. The molecule has 0 spiro atoms. The minimum absolute atomic E-state index is 0.0309. The number of nitrogens with one attached hydrogen (secondary N) is 1. The molecule has 0 radical (unpaired) electrons. The summed E-state index contributed by atoms with van der Waals surface area (Å²) >= 11 is 0. The maximum absolute atomic E-state index is 13.1. The van der Waals surface area contributed by atoms with Crippen molar-refractivity contribution in [3.05, 3.63) is 91.6 Å². The Labute approximate surface area is 187 Å². The summed E-state index contributed by atoms with van der Waals surface area (Å²) in [6, 6.07) is 11.0. The summed E-state index contributed by atoms with van der Waals surface area (Å²) in [6.45, 7) is 0. The van der Waals surface area contributed by atoms with Crippen LogP contribution in [-0.2, 0) is 7.05 Å². The van der Waals surface area contributed by atoms with Crippen molar-refractivity contribution in [2.24, 2.45) is 7.05 Å². The third kappa shape index (κ3) is 4.44. The molecule has 1 N–H and O–H groups in total. The molecule has 0 unspecified atom stereocenters. The van der Waals surface area contributed by atoms with E-state index in [2.05, 4.69) is 15.2 Å². The Kier molecular flexibility index (Phi) is 5.53. The second kappa shape index (κ2) is 8.35. The van der Waals surface area contributed by atoms with Crippen LogP contribution < -0.4 is 21.2 Å². The highest BCUT2D eigenvalue weighted by Gasteiger charge is 2.31. The number of pyridine rings is 1. The van der Waals surface area contributed by atoms with Gasteiger partial charge >= 0.3 is 6.36 Å². The van der Waals surface area contributed by atoms with Crippen LogP contribution in [0.3, 0.4) is 0 Å². The number of non-ortho nitro benzene ring substituents is 1. The number of hydrogen-bond acceptors (Lipinski definition) is 7. The number of nitrogens with zero attached hydrogens (tertiary/aromatic N) is 4. The van der Waals surface area contributed by atoms with Gasteiger partial charge in [0.1, 0.15) is 11.4 Å². The molecule has 0 aliphatic heterocycles. The van der Waals surface area contributed by atoms with Gasteiger partial charge in [-0.2, -0.15) is 4.68 Å². The minimum atomic E-state index is -4.89. The van der Waals surface area contributed by atoms with E-state index in [0.29, 0.717) is 0 Å². The molecule has 0 bridgehead atoms. The van der Waals surface area contributed by atoms with Gasteiger partial charge in [0.2, 0.25) is 0 Å². The van der Waals surface area contributed by atoms with Crippen molar-refractivity contribution in [3.63, 3.8) is 0 Å². The van der Waals surface area contributed by atoms with Gasteiger partial charge < -0.3 is 14.6 Å². The third-order valence-corrected chi connectivity index (χ3v) is 4.78. The summed E-state index contributed by atoms with van der Waals surface area (Å²) in [4.78, 5) is 36.1. The van der Waals surface area contributed by atoms with Gasteiger partial charge in [0.15, 0.2) is 5.82 Å². The van der Waals surface area contributed by atoms with E-state index in [1.54, 1.807) is 6.07 Å². The normalized spacial score (nSPS) is 11.4.